The number of rotatable bonds is 4. The molecule has 0 saturated heterocycles. The van der Waals surface area contributed by atoms with Crippen LogP contribution in [-0.2, 0) is 5.54 Å². The number of benzene rings is 1. The van der Waals surface area contributed by atoms with Crippen molar-refractivity contribution in [3.63, 3.8) is 0 Å². The fourth-order valence-electron chi connectivity index (χ4n) is 2.53. The summed E-state index contributed by atoms with van der Waals surface area (Å²) in [4.78, 5) is 6.50. The van der Waals surface area contributed by atoms with Crippen molar-refractivity contribution >= 4 is 17.6 Å². The van der Waals surface area contributed by atoms with Crippen molar-refractivity contribution in [1.82, 2.24) is 4.90 Å². The topological polar surface area (TPSA) is 41.6 Å². The first-order chi connectivity index (χ1) is 8.64. The first-order valence-corrected chi connectivity index (χ1v) is 6.46. The Hall–Kier alpha value is -1.48. The van der Waals surface area contributed by atoms with Gasteiger partial charge in [0.25, 0.3) is 0 Å². The minimum atomic E-state index is -0.191. The van der Waals surface area contributed by atoms with Crippen molar-refractivity contribution in [2.24, 2.45) is 10.7 Å². The molecule has 96 valence electrons. The highest BCUT2D eigenvalue weighted by atomic mass is 35.5. The Morgan fingerprint density at radius 1 is 1.61 bits per heavy atom. The van der Waals surface area contributed by atoms with Crippen LogP contribution in [0.15, 0.2) is 41.9 Å². The summed E-state index contributed by atoms with van der Waals surface area (Å²) in [6.45, 7) is 7.30. The third-order valence-electron chi connectivity index (χ3n) is 3.55. The van der Waals surface area contributed by atoms with Gasteiger partial charge in [-0.3, -0.25) is 4.99 Å². The predicted octanol–water partition coefficient (Wildman–Crippen LogP) is 2.76. The van der Waals surface area contributed by atoms with Crippen molar-refractivity contribution in [3.8, 4) is 0 Å². The quantitative estimate of drug-likeness (QED) is 0.849. The highest BCUT2D eigenvalue weighted by Crippen LogP contribution is 2.36. The molecule has 0 radical (unpaired) electrons. The maximum atomic E-state index is 6.10. The fraction of sp³-hybridized carbons (Fsp3) is 0.357. The van der Waals surface area contributed by atoms with Crippen LogP contribution in [0, 0.1) is 0 Å². The molecule has 0 spiro atoms. The van der Waals surface area contributed by atoms with Crippen LogP contribution in [0.5, 0.6) is 0 Å². The van der Waals surface area contributed by atoms with Gasteiger partial charge in [-0.1, -0.05) is 36.7 Å². The first-order valence-electron chi connectivity index (χ1n) is 6.08. The summed E-state index contributed by atoms with van der Waals surface area (Å²) in [6.07, 6.45) is 2.77. The second-order valence-electron chi connectivity index (χ2n) is 4.47. The molecule has 0 fully saturated rings. The van der Waals surface area contributed by atoms with Crippen LogP contribution < -0.4 is 5.73 Å². The second-order valence-corrected chi connectivity index (χ2v) is 4.91. The van der Waals surface area contributed by atoms with Gasteiger partial charge in [-0.05, 0) is 24.1 Å². The third kappa shape index (κ3) is 1.99. The average Bonchev–Trinajstić information content (AvgIpc) is 2.69. The maximum absolute atomic E-state index is 6.10. The van der Waals surface area contributed by atoms with Crippen LogP contribution in [0.1, 0.15) is 18.9 Å². The molecular formula is C14H18ClN3. The lowest BCUT2D eigenvalue weighted by molar-refractivity contribution is 0.211. The van der Waals surface area contributed by atoms with Crippen LogP contribution in [0.3, 0.4) is 0 Å². The molecule has 0 aliphatic carbocycles. The fourth-order valence-corrected chi connectivity index (χ4v) is 2.72. The van der Waals surface area contributed by atoms with E-state index in [9.17, 15) is 0 Å². The Kier molecular flexibility index (Phi) is 3.62. The van der Waals surface area contributed by atoms with Gasteiger partial charge in [0.15, 0.2) is 5.96 Å². The van der Waals surface area contributed by atoms with E-state index in [0.717, 1.165) is 17.0 Å². The van der Waals surface area contributed by atoms with Crippen molar-refractivity contribution in [1.29, 1.82) is 0 Å². The summed E-state index contributed by atoms with van der Waals surface area (Å²) < 4.78 is 0. The zero-order valence-electron chi connectivity index (χ0n) is 10.6. The Morgan fingerprint density at radius 3 is 3.00 bits per heavy atom. The lowest BCUT2D eigenvalue weighted by atomic mass is 9.86. The minimum Gasteiger partial charge on any atom is -0.370 e. The van der Waals surface area contributed by atoms with Gasteiger partial charge in [-0.25, -0.2) is 0 Å². The van der Waals surface area contributed by atoms with Gasteiger partial charge in [0, 0.05) is 11.6 Å². The highest BCUT2D eigenvalue weighted by Gasteiger charge is 2.41. The van der Waals surface area contributed by atoms with E-state index < -0.39 is 0 Å². The van der Waals surface area contributed by atoms with Crippen molar-refractivity contribution in [3.05, 3.63) is 47.5 Å². The number of halogens is 1. The Balaban J connectivity index is 2.45. The van der Waals surface area contributed by atoms with Gasteiger partial charge in [-0.2, -0.15) is 0 Å². The van der Waals surface area contributed by atoms with Crippen LogP contribution in [0.2, 0.25) is 5.02 Å². The van der Waals surface area contributed by atoms with Crippen molar-refractivity contribution < 1.29 is 0 Å². The summed E-state index contributed by atoms with van der Waals surface area (Å²) in [5.74, 6) is 0.580. The van der Waals surface area contributed by atoms with Gasteiger partial charge >= 0.3 is 0 Å². The molecule has 18 heavy (non-hydrogen) atoms. The van der Waals surface area contributed by atoms with E-state index in [1.54, 1.807) is 0 Å². The Labute approximate surface area is 113 Å². The minimum absolute atomic E-state index is 0.191. The second kappa shape index (κ2) is 5.02. The molecule has 1 unspecified atom stereocenters. The molecule has 2 N–H and O–H groups in total. The molecular weight excluding hydrogens is 246 g/mol. The van der Waals surface area contributed by atoms with E-state index in [1.165, 1.54) is 0 Å². The molecule has 1 aliphatic heterocycles. The summed E-state index contributed by atoms with van der Waals surface area (Å²) in [5.41, 5.74) is 6.95. The van der Waals surface area contributed by atoms with Crippen LogP contribution in [0.4, 0.5) is 0 Å². The van der Waals surface area contributed by atoms with Gasteiger partial charge in [-0.15, -0.1) is 6.58 Å². The van der Waals surface area contributed by atoms with E-state index >= 15 is 0 Å². The number of guanidine groups is 1. The standard InChI is InChI=1S/C14H18ClN3/c1-3-8-18-13(16)17-10-14(18,4-2)11-6-5-7-12(15)9-11/h3,5-7,9H,1,4,8,10H2,2H3,(H2,16,17). The molecule has 1 aromatic carbocycles. The molecule has 0 bridgehead atoms. The molecule has 0 amide bonds. The summed E-state index contributed by atoms with van der Waals surface area (Å²) in [6, 6.07) is 7.93. The van der Waals surface area contributed by atoms with E-state index in [-0.39, 0.29) is 5.54 Å². The summed E-state index contributed by atoms with van der Waals surface area (Å²) in [5, 5.41) is 0.740. The maximum Gasteiger partial charge on any atom is 0.192 e. The van der Waals surface area contributed by atoms with E-state index in [4.69, 9.17) is 17.3 Å². The molecule has 2 rings (SSSR count). The summed E-state index contributed by atoms with van der Waals surface area (Å²) >= 11 is 6.10. The van der Waals surface area contributed by atoms with Crippen LogP contribution >= 0.6 is 11.6 Å². The molecule has 1 heterocycles. The predicted molar refractivity (Wildman–Crippen MR) is 76.8 cm³/mol. The Morgan fingerprint density at radius 2 is 2.39 bits per heavy atom. The monoisotopic (exact) mass is 263 g/mol. The van der Waals surface area contributed by atoms with Gasteiger partial charge < -0.3 is 10.6 Å². The van der Waals surface area contributed by atoms with Crippen molar-refractivity contribution in [2.75, 3.05) is 13.1 Å². The normalized spacial score (nSPS) is 23.0. The number of aliphatic imine (C=N–C) groups is 1. The number of hydrogen-bond acceptors (Lipinski definition) is 3. The number of nitrogens with zero attached hydrogens (tertiary/aromatic N) is 2. The lowest BCUT2D eigenvalue weighted by Gasteiger charge is -2.38. The largest absolute Gasteiger partial charge is 0.370 e. The SMILES string of the molecule is C=CCN1C(N)=NCC1(CC)c1cccc(Cl)c1. The van der Waals surface area contributed by atoms with Gasteiger partial charge in [0.2, 0.25) is 0 Å². The molecule has 4 heteroatoms. The number of hydrogen-bond donors (Lipinski definition) is 1. The van der Waals surface area contributed by atoms with Crippen LogP contribution in [0.25, 0.3) is 0 Å². The van der Waals surface area contributed by atoms with E-state index in [2.05, 4.69) is 29.5 Å². The Bertz CT molecular complexity index is 484. The molecule has 1 aliphatic rings. The first kappa shape index (κ1) is 13.0. The van der Waals surface area contributed by atoms with Crippen molar-refractivity contribution in [2.45, 2.75) is 18.9 Å². The molecule has 1 aromatic rings. The molecule has 1 atom stereocenters. The zero-order chi connectivity index (χ0) is 13.2. The highest BCUT2D eigenvalue weighted by molar-refractivity contribution is 6.30. The smallest absolute Gasteiger partial charge is 0.192 e. The lowest BCUT2D eigenvalue weighted by Crippen LogP contribution is -2.49. The van der Waals surface area contributed by atoms with Gasteiger partial charge in [0.05, 0.1) is 12.1 Å². The third-order valence-corrected chi connectivity index (χ3v) is 3.79. The van der Waals surface area contributed by atoms with Crippen LogP contribution in [-0.4, -0.2) is 23.9 Å². The average molecular weight is 264 g/mol. The molecule has 0 saturated carbocycles. The number of nitrogens with two attached hydrogens (primary N) is 1. The van der Waals surface area contributed by atoms with E-state index in [1.807, 2.05) is 24.3 Å². The molecule has 3 nitrogen and oxygen atoms in total. The van der Waals surface area contributed by atoms with E-state index in [0.29, 0.717) is 19.0 Å². The molecule has 0 aromatic heterocycles. The summed E-state index contributed by atoms with van der Waals surface area (Å²) in [7, 11) is 0. The van der Waals surface area contributed by atoms with Gasteiger partial charge in [0.1, 0.15) is 0 Å². The zero-order valence-corrected chi connectivity index (χ0v) is 11.3.